The number of aromatic nitrogens is 2. The summed E-state index contributed by atoms with van der Waals surface area (Å²) in [4.78, 5) is 9.40. The molecule has 1 aromatic heterocycles. The number of benzene rings is 1. The molecule has 0 atom stereocenters. The van der Waals surface area contributed by atoms with E-state index in [0.29, 0.717) is 0 Å². The van der Waals surface area contributed by atoms with Crippen molar-refractivity contribution in [1.82, 2.24) is 15.3 Å². The Labute approximate surface area is 118 Å². The summed E-state index contributed by atoms with van der Waals surface area (Å²) >= 11 is 0. The van der Waals surface area contributed by atoms with Gasteiger partial charge in [-0.3, -0.25) is 0 Å². The van der Waals surface area contributed by atoms with Gasteiger partial charge in [-0.25, -0.2) is 14.4 Å². The molecule has 0 saturated carbocycles. The second-order valence-electron chi connectivity index (χ2n) is 5.44. The predicted octanol–water partition coefficient (Wildman–Crippen LogP) is 3.05. The highest BCUT2D eigenvalue weighted by Gasteiger charge is 2.19. The molecule has 1 aliphatic heterocycles. The van der Waals surface area contributed by atoms with Gasteiger partial charge in [0.25, 0.3) is 0 Å². The molecule has 20 heavy (non-hydrogen) atoms. The lowest BCUT2D eigenvalue weighted by Gasteiger charge is -2.21. The van der Waals surface area contributed by atoms with Gasteiger partial charge in [-0.1, -0.05) is 13.8 Å². The van der Waals surface area contributed by atoms with E-state index in [2.05, 4.69) is 19.2 Å². The SMILES string of the molecule is CC(C)c1nc2c(c(-c3ccc(F)cc3)n1)CNCC2. The molecule has 0 spiro atoms. The van der Waals surface area contributed by atoms with Crippen LogP contribution in [0.4, 0.5) is 4.39 Å². The number of rotatable bonds is 2. The molecule has 1 aromatic carbocycles. The van der Waals surface area contributed by atoms with Gasteiger partial charge >= 0.3 is 0 Å². The first-order valence-electron chi connectivity index (χ1n) is 7.01. The summed E-state index contributed by atoms with van der Waals surface area (Å²) in [5.74, 6) is 0.929. The van der Waals surface area contributed by atoms with Crippen LogP contribution in [-0.2, 0) is 13.0 Å². The summed E-state index contributed by atoms with van der Waals surface area (Å²) in [7, 11) is 0. The molecule has 1 aliphatic rings. The minimum atomic E-state index is -0.223. The number of hydrogen-bond donors (Lipinski definition) is 1. The lowest BCUT2D eigenvalue weighted by Crippen LogP contribution is -2.26. The standard InChI is InChI=1S/C16H18FN3/c1-10(2)16-19-14-7-8-18-9-13(14)15(20-16)11-3-5-12(17)6-4-11/h3-6,10,18H,7-9H2,1-2H3. The highest BCUT2D eigenvalue weighted by molar-refractivity contribution is 5.64. The Balaban J connectivity index is 2.17. The van der Waals surface area contributed by atoms with E-state index in [-0.39, 0.29) is 11.7 Å². The monoisotopic (exact) mass is 271 g/mol. The Hall–Kier alpha value is -1.81. The van der Waals surface area contributed by atoms with E-state index in [4.69, 9.17) is 9.97 Å². The predicted molar refractivity (Wildman–Crippen MR) is 76.9 cm³/mol. The van der Waals surface area contributed by atoms with Gasteiger partial charge in [0.1, 0.15) is 11.6 Å². The van der Waals surface area contributed by atoms with E-state index in [0.717, 1.165) is 47.8 Å². The van der Waals surface area contributed by atoms with Crippen LogP contribution in [0.2, 0.25) is 0 Å². The van der Waals surface area contributed by atoms with Crippen molar-refractivity contribution in [2.45, 2.75) is 32.7 Å². The first kappa shape index (κ1) is 13.2. The van der Waals surface area contributed by atoms with E-state index in [1.165, 1.54) is 12.1 Å². The highest BCUT2D eigenvalue weighted by Crippen LogP contribution is 2.27. The van der Waals surface area contributed by atoms with Crippen molar-refractivity contribution in [3.8, 4) is 11.3 Å². The summed E-state index contributed by atoms with van der Waals surface area (Å²) < 4.78 is 13.1. The first-order chi connectivity index (χ1) is 9.65. The minimum Gasteiger partial charge on any atom is -0.312 e. The molecular formula is C16H18FN3. The zero-order valence-electron chi connectivity index (χ0n) is 11.8. The zero-order valence-corrected chi connectivity index (χ0v) is 11.8. The van der Waals surface area contributed by atoms with Crippen LogP contribution >= 0.6 is 0 Å². The Bertz CT molecular complexity index is 620. The van der Waals surface area contributed by atoms with Crippen molar-refractivity contribution in [1.29, 1.82) is 0 Å². The average molecular weight is 271 g/mol. The molecule has 3 rings (SSSR count). The highest BCUT2D eigenvalue weighted by atomic mass is 19.1. The van der Waals surface area contributed by atoms with Crippen molar-refractivity contribution < 1.29 is 4.39 Å². The van der Waals surface area contributed by atoms with Crippen LogP contribution in [0.15, 0.2) is 24.3 Å². The summed E-state index contributed by atoms with van der Waals surface area (Å²) in [6.07, 6.45) is 0.922. The third-order valence-corrected chi connectivity index (χ3v) is 3.58. The molecule has 4 heteroatoms. The smallest absolute Gasteiger partial charge is 0.131 e. The molecule has 3 nitrogen and oxygen atoms in total. The fourth-order valence-electron chi connectivity index (χ4n) is 2.47. The molecule has 104 valence electrons. The molecule has 2 aromatic rings. The molecule has 0 aliphatic carbocycles. The van der Waals surface area contributed by atoms with E-state index in [9.17, 15) is 4.39 Å². The van der Waals surface area contributed by atoms with Gasteiger partial charge in [0.05, 0.1) is 11.4 Å². The van der Waals surface area contributed by atoms with Crippen molar-refractivity contribution in [3.63, 3.8) is 0 Å². The normalized spacial score (nSPS) is 14.4. The lowest BCUT2D eigenvalue weighted by atomic mass is 9.99. The Kier molecular flexibility index (Phi) is 3.49. The maximum Gasteiger partial charge on any atom is 0.131 e. The number of fused-ring (bicyclic) bond motifs is 1. The van der Waals surface area contributed by atoms with Gasteiger partial charge in [0.15, 0.2) is 0 Å². The molecule has 0 unspecified atom stereocenters. The largest absolute Gasteiger partial charge is 0.312 e. The van der Waals surface area contributed by atoms with Gasteiger partial charge in [-0.05, 0) is 24.3 Å². The number of hydrogen-bond acceptors (Lipinski definition) is 3. The topological polar surface area (TPSA) is 37.8 Å². The van der Waals surface area contributed by atoms with Crippen LogP contribution in [0, 0.1) is 5.82 Å². The second kappa shape index (κ2) is 5.29. The van der Waals surface area contributed by atoms with Gasteiger partial charge in [0.2, 0.25) is 0 Å². The van der Waals surface area contributed by atoms with Crippen LogP contribution < -0.4 is 5.32 Å². The van der Waals surface area contributed by atoms with Crippen LogP contribution in [0.25, 0.3) is 11.3 Å². The minimum absolute atomic E-state index is 0.223. The van der Waals surface area contributed by atoms with Gasteiger partial charge < -0.3 is 5.32 Å². The van der Waals surface area contributed by atoms with E-state index in [1.807, 2.05) is 0 Å². The van der Waals surface area contributed by atoms with E-state index >= 15 is 0 Å². The Morgan fingerprint density at radius 1 is 1.15 bits per heavy atom. The maximum absolute atomic E-state index is 13.1. The quantitative estimate of drug-likeness (QED) is 0.912. The second-order valence-corrected chi connectivity index (χ2v) is 5.44. The molecule has 2 heterocycles. The molecule has 0 amide bonds. The van der Waals surface area contributed by atoms with Gasteiger partial charge in [0, 0.05) is 36.6 Å². The lowest BCUT2D eigenvalue weighted by molar-refractivity contribution is 0.615. The number of nitrogens with zero attached hydrogens (tertiary/aromatic N) is 2. The van der Waals surface area contributed by atoms with Crippen LogP contribution in [-0.4, -0.2) is 16.5 Å². The fraction of sp³-hybridized carbons (Fsp3) is 0.375. The van der Waals surface area contributed by atoms with Crippen molar-refractivity contribution in [2.75, 3.05) is 6.54 Å². The first-order valence-corrected chi connectivity index (χ1v) is 7.01. The third-order valence-electron chi connectivity index (χ3n) is 3.58. The Morgan fingerprint density at radius 3 is 2.60 bits per heavy atom. The zero-order chi connectivity index (χ0) is 14.1. The molecule has 0 fully saturated rings. The van der Waals surface area contributed by atoms with Crippen LogP contribution in [0.3, 0.4) is 0 Å². The van der Waals surface area contributed by atoms with Crippen molar-refractivity contribution >= 4 is 0 Å². The van der Waals surface area contributed by atoms with Crippen molar-refractivity contribution in [3.05, 3.63) is 47.2 Å². The Morgan fingerprint density at radius 2 is 1.90 bits per heavy atom. The molecular weight excluding hydrogens is 253 g/mol. The maximum atomic E-state index is 13.1. The van der Waals surface area contributed by atoms with Crippen LogP contribution in [0.5, 0.6) is 0 Å². The van der Waals surface area contributed by atoms with Crippen LogP contribution in [0.1, 0.15) is 36.8 Å². The molecule has 0 radical (unpaired) electrons. The van der Waals surface area contributed by atoms with Crippen molar-refractivity contribution in [2.24, 2.45) is 0 Å². The number of nitrogens with one attached hydrogen (secondary N) is 1. The van der Waals surface area contributed by atoms with E-state index in [1.54, 1.807) is 12.1 Å². The average Bonchev–Trinajstić information content (AvgIpc) is 2.47. The fourth-order valence-corrected chi connectivity index (χ4v) is 2.47. The summed E-state index contributed by atoms with van der Waals surface area (Å²) in [5.41, 5.74) is 4.16. The number of halogens is 1. The third kappa shape index (κ3) is 2.43. The van der Waals surface area contributed by atoms with Gasteiger partial charge in [-0.15, -0.1) is 0 Å². The van der Waals surface area contributed by atoms with Gasteiger partial charge in [-0.2, -0.15) is 0 Å². The summed E-state index contributed by atoms with van der Waals surface area (Å²) in [6, 6.07) is 6.54. The molecule has 0 bridgehead atoms. The summed E-state index contributed by atoms with van der Waals surface area (Å²) in [6.45, 7) is 5.92. The summed E-state index contributed by atoms with van der Waals surface area (Å²) in [5, 5.41) is 3.36. The van der Waals surface area contributed by atoms with E-state index < -0.39 is 0 Å². The molecule has 0 saturated heterocycles. The molecule has 1 N–H and O–H groups in total.